The molecule has 2 aromatic rings. The van der Waals surface area contributed by atoms with Crippen LogP contribution in [-0.2, 0) is 9.59 Å². The first-order valence-electron chi connectivity index (χ1n) is 7.74. The Labute approximate surface area is 159 Å². The number of hydrogen-bond acceptors (Lipinski definition) is 5. The number of likely N-dealkylation sites (N-methyl/N-ethyl adjacent to an activating group) is 1. The fourth-order valence-corrected chi connectivity index (χ4v) is 2.31. The topological polar surface area (TPSA) is 105 Å². The fraction of sp³-hybridized carbons (Fsp3) is 0.176. The van der Waals surface area contributed by atoms with Gasteiger partial charge in [0.15, 0.2) is 0 Å². The van der Waals surface area contributed by atoms with Crippen LogP contribution in [0.4, 0.5) is 21.5 Å². The van der Waals surface area contributed by atoms with Crippen LogP contribution in [0.5, 0.6) is 0 Å². The lowest BCUT2D eigenvalue weighted by Crippen LogP contribution is -2.38. The fourth-order valence-electron chi connectivity index (χ4n) is 2.13. The van der Waals surface area contributed by atoms with Crippen LogP contribution in [0.25, 0.3) is 0 Å². The van der Waals surface area contributed by atoms with Gasteiger partial charge in [-0.2, -0.15) is 4.39 Å². The van der Waals surface area contributed by atoms with Gasteiger partial charge in [0.1, 0.15) is 0 Å². The highest BCUT2D eigenvalue weighted by Gasteiger charge is 2.16. The Hall–Kier alpha value is -3.20. The minimum Gasteiger partial charge on any atom is -0.376 e. The van der Waals surface area contributed by atoms with Crippen LogP contribution in [-0.4, -0.2) is 41.8 Å². The molecule has 2 rings (SSSR count). The number of amides is 2. The van der Waals surface area contributed by atoms with Gasteiger partial charge in [-0.15, -0.1) is 0 Å². The summed E-state index contributed by atoms with van der Waals surface area (Å²) < 4.78 is 13.3. The predicted octanol–water partition coefficient (Wildman–Crippen LogP) is 2.90. The van der Waals surface area contributed by atoms with E-state index in [9.17, 15) is 24.1 Å². The lowest BCUT2D eigenvalue weighted by Gasteiger charge is -2.17. The van der Waals surface area contributed by atoms with Crippen molar-refractivity contribution in [2.45, 2.75) is 0 Å². The van der Waals surface area contributed by atoms with E-state index in [0.717, 1.165) is 12.1 Å². The number of carbonyl (C=O) groups excluding carboxylic acids is 2. The van der Waals surface area contributed by atoms with Gasteiger partial charge in [-0.25, -0.2) is 0 Å². The predicted molar refractivity (Wildman–Crippen MR) is 99.3 cm³/mol. The smallest absolute Gasteiger partial charge is 0.306 e. The zero-order valence-corrected chi connectivity index (χ0v) is 15.0. The van der Waals surface area contributed by atoms with Gasteiger partial charge < -0.3 is 15.5 Å². The maximum Gasteiger partial charge on any atom is 0.306 e. The number of nitro groups is 1. The van der Waals surface area contributed by atoms with E-state index in [2.05, 4.69) is 10.6 Å². The molecule has 8 nitrogen and oxygen atoms in total. The minimum absolute atomic E-state index is 0.213. The van der Waals surface area contributed by atoms with E-state index in [1.807, 2.05) is 0 Å². The van der Waals surface area contributed by atoms with E-state index in [-0.39, 0.29) is 18.8 Å². The molecule has 0 bridgehead atoms. The van der Waals surface area contributed by atoms with Crippen molar-refractivity contribution in [2.24, 2.45) is 0 Å². The zero-order chi connectivity index (χ0) is 20.0. The number of nitrogens with zero attached hydrogens (tertiary/aromatic N) is 2. The average molecular weight is 395 g/mol. The van der Waals surface area contributed by atoms with Crippen LogP contribution in [0.15, 0.2) is 42.5 Å². The van der Waals surface area contributed by atoms with Crippen molar-refractivity contribution in [1.82, 2.24) is 4.90 Å². The number of benzene rings is 2. The standard InChI is InChI=1S/C17H16ClFN4O4/c1-22(10-16(24)21-14-5-3-2-4-12(14)18)17(25)9-20-11-6-7-13(19)15(8-11)23(26)27/h2-8,20H,9-10H2,1H3,(H,21,24). The maximum atomic E-state index is 13.3. The number of nitrogens with one attached hydrogen (secondary N) is 2. The Kier molecular flexibility index (Phi) is 6.67. The van der Waals surface area contributed by atoms with E-state index in [1.54, 1.807) is 24.3 Å². The summed E-state index contributed by atoms with van der Waals surface area (Å²) in [6, 6.07) is 9.89. The molecule has 2 aromatic carbocycles. The van der Waals surface area contributed by atoms with Crippen LogP contribution in [0, 0.1) is 15.9 Å². The second kappa shape index (κ2) is 8.95. The van der Waals surface area contributed by atoms with Crippen LogP contribution in [0.3, 0.4) is 0 Å². The zero-order valence-electron chi connectivity index (χ0n) is 14.2. The molecule has 0 aliphatic carbocycles. The van der Waals surface area contributed by atoms with Crippen LogP contribution in [0.2, 0.25) is 5.02 Å². The Morgan fingerprint density at radius 1 is 1.26 bits per heavy atom. The third kappa shape index (κ3) is 5.65. The minimum atomic E-state index is -0.967. The van der Waals surface area contributed by atoms with Crippen molar-refractivity contribution in [2.75, 3.05) is 30.8 Å². The van der Waals surface area contributed by atoms with Gasteiger partial charge in [0, 0.05) is 18.8 Å². The SMILES string of the molecule is CN(CC(=O)Nc1ccccc1Cl)C(=O)CNc1ccc(F)c([N+](=O)[O-])c1. The Bertz CT molecular complexity index is 878. The van der Waals surface area contributed by atoms with Crippen LogP contribution in [0.1, 0.15) is 0 Å². The number of rotatable bonds is 7. The van der Waals surface area contributed by atoms with Gasteiger partial charge in [-0.3, -0.25) is 19.7 Å². The summed E-state index contributed by atoms with van der Waals surface area (Å²) in [7, 11) is 1.43. The van der Waals surface area contributed by atoms with Crippen molar-refractivity contribution in [3.05, 3.63) is 63.4 Å². The molecule has 2 amide bonds. The summed E-state index contributed by atoms with van der Waals surface area (Å²) in [5.74, 6) is -1.84. The van der Waals surface area contributed by atoms with Gasteiger partial charge in [0.05, 0.1) is 28.7 Å². The van der Waals surface area contributed by atoms with Gasteiger partial charge in [-0.05, 0) is 24.3 Å². The number of halogens is 2. The van der Waals surface area contributed by atoms with Crippen molar-refractivity contribution in [1.29, 1.82) is 0 Å². The molecule has 0 aromatic heterocycles. The number of para-hydroxylation sites is 1. The van der Waals surface area contributed by atoms with Crippen molar-refractivity contribution in [3.8, 4) is 0 Å². The molecule has 0 radical (unpaired) electrons. The number of carbonyl (C=O) groups is 2. The van der Waals surface area contributed by atoms with Crippen molar-refractivity contribution >= 4 is 40.5 Å². The van der Waals surface area contributed by atoms with E-state index in [4.69, 9.17) is 11.6 Å². The number of hydrogen-bond donors (Lipinski definition) is 2. The lowest BCUT2D eigenvalue weighted by molar-refractivity contribution is -0.387. The Morgan fingerprint density at radius 3 is 2.63 bits per heavy atom. The normalized spacial score (nSPS) is 10.2. The third-order valence-corrected chi connectivity index (χ3v) is 3.87. The summed E-state index contributed by atoms with van der Waals surface area (Å²) in [4.78, 5) is 35.2. The Balaban J connectivity index is 1.88. The Morgan fingerprint density at radius 2 is 1.96 bits per heavy atom. The first kappa shape index (κ1) is 20.1. The molecule has 0 atom stereocenters. The summed E-state index contributed by atoms with van der Waals surface area (Å²) in [5.41, 5.74) is -0.0490. The number of nitro benzene ring substituents is 1. The molecular weight excluding hydrogens is 379 g/mol. The average Bonchev–Trinajstić information content (AvgIpc) is 2.62. The summed E-state index contributed by atoms with van der Waals surface area (Å²) in [6.07, 6.45) is 0. The molecule has 10 heteroatoms. The molecular formula is C17H16ClFN4O4. The highest BCUT2D eigenvalue weighted by atomic mass is 35.5. The van der Waals surface area contributed by atoms with Crippen molar-refractivity contribution in [3.63, 3.8) is 0 Å². The monoisotopic (exact) mass is 394 g/mol. The van der Waals surface area contributed by atoms with Gasteiger partial charge >= 0.3 is 5.69 Å². The molecule has 2 N–H and O–H groups in total. The third-order valence-electron chi connectivity index (χ3n) is 3.54. The highest BCUT2D eigenvalue weighted by Crippen LogP contribution is 2.22. The molecule has 0 saturated carbocycles. The second-order valence-electron chi connectivity index (χ2n) is 5.55. The number of anilines is 2. The molecule has 0 heterocycles. The summed E-state index contributed by atoms with van der Waals surface area (Å²) >= 11 is 5.95. The maximum absolute atomic E-state index is 13.3. The summed E-state index contributed by atoms with van der Waals surface area (Å²) in [5, 5.41) is 16.4. The van der Waals surface area contributed by atoms with Gasteiger partial charge in [-0.1, -0.05) is 23.7 Å². The van der Waals surface area contributed by atoms with Gasteiger partial charge in [0.2, 0.25) is 17.6 Å². The first-order valence-corrected chi connectivity index (χ1v) is 8.12. The molecule has 0 spiro atoms. The highest BCUT2D eigenvalue weighted by molar-refractivity contribution is 6.33. The molecule has 0 aliphatic heterocycles. The molecule has 27 heavy (non-hydrogen) atoms. The molecule has 0 aliphatic rings. The quantitative estimate of drug-likeness (QED) is 0.555. The van der Waals surface area contributed by atoms with Crippen LogP contribution < -0.4 is 10.6 Å². The van der Waals surface area contributed by atoms with Crippen molar-refractivity contribution < 1.29 is 18.9 Å². The summed E-state index contributed by atoms with van der Waals surface area (Å²) in [6.45, 7) is -0.437. The molecule has 142 valence electrons. The molecule has 0 unspecified atom stereocenters. The second-order valence-corrected chi connectivity index (χ2v) is 5.96. The van der Waals surface area contributed by atoms with E-state index in [0.29, 0.717) is 10.7 Å². The first-order chi connectivity index (χ1) is 12.8. The van der Waals surface area contributed by atoms with Crippen LogP contribution >= 0.6 is 11.6 Å². The van der Waals surface area contributed by atoms with Gasteiger partial charge in [0.25, 0.3) is 0 Å². The molecule has 0 fully saturated rings. The van der Waals surface area contributed by atoms with E-state index >= 15 is 0 Å². The molecule has 0 saturated heterocycles. The largest absolute Gasteiger partial charge is 0.376 e. The van der Waals surface area contributed by atoms with E-state index in [1.165, 1.54) is 18.0 Å². The van der Waals surface area contributed by atoms with E-state index < -0.39 is 28.2 Å². The lowest BCUT2D eigenvalue weighted by atomic mass is 10.2.